The number of benzene rings is 14. The number of hydrogen-bond donors (Lipinski definition) is 0. The van der Waals surface area contributed by atoms with Crippen molar-refractivity contribution in [3.8, 4) is 28.2 Å². The summed E-state index contributed by atoms with van der Waals surface area (Å²) >= 11 is 3.73. The lowest BCUT2D eigenvalue weighted by Gasteiger charge is -2.29. The number of rotatable bonds is 6. The van der Waals surface area contributed by atoms with Crippen LogP contribution in [0.1, 0.15) is 0 Å². The maximum absolute atomic E-state index is 5.29. The number of fused-ring (bicyclic) bond motifs is 18. The number of para-hydroxylation sites is 2. The number of aromatic nitrogens is 3. The van der Waals surface area contributed by atoms with Crippen LogP contribution in [0.5, 0.6) is 0 Å². The first-order valence-electron chi connectivity index (χ1n) is 27.9. The van der Waals surface area contributed by atoms with Gasteiger partial charge in [-0.15, -0.1) is 22.7 Å². The molecule has 18 rings (SSSR count). The molecule has 82 heavy (non-hydrogen) atoms. The molecule has 0 spiro atoms. The molecular formula is C76H44N4S2. The Morgan fingerprint density at radius 1 is 0.329 bits per heavy atom. The van der Waals surface area contributed by atoms with Gasteiger partial charge >= 0.3 is 0 Å². The highest BCUT2D eigenvalue weighted by Crippen LogP contribution is 2.52. The maximum Gasteiger partial charge on any atom is 0.159 e. The quantitative estimate of drug-likeness (QED) is 0.123. The fourth-order valence-corrected chi connectivity index (χ4v) is 15.9. The molecular weight excluding hydrogens is 1030 g/mol. The first-order chi connectivity index (χ1) is 40.7. The monoisotopic (exact) mass is 1080 g/mol. The molecule has 0 aliphatic carbocycles. The van der Waals surface area contributed by atoms with Crippen molar-refractivity contribution in [1.82, 2.24) is 14.5 Å². The van der Waals surface area contributed by atoms with Gasteiger partial charge in [0.1, 0.15) is 0 Å². The zero-order chi connectivity index (χ0) is 53.6. The van der Waals surface area contributed by atoms with E-state index >= 15 is 0 Å². The Balaban J connectivity index is 0.875. The Morgan fingerprint density at radius 3 is 1.67 bits per heavy atom. The van der Waals surface area contributed by atoms with Crippen LogP contribution >= 0.6 is 22.7 Å². The SMILES string of the molecule is c1ccc2c(c1)ccc1c3cc(-c4ncc(N(c5ccc6sc7c8ccccc8ccc7c6c5)c5c6ccccc6c(-c6cccc7c8ccccc8n(-c8ccc9sc%10ccccc%10c9c8)c67)c6ccccc56)cn4)ccc3ccc21. The third-order valence-electron chi connectivity index (χ3n) is 17.2. The molecule has 4 nitrogen and oxygen atoms in total. The van der Waals surface area contributed by atoms with E-state index in [1.165, 1.54) is 116 Å². The number of hydrogen-bond acceptors (Lipinski definition) is 5. The number of nitrogens with zero attached hydrogens (tertiary/aromatic N) is 4. The van der Waals surface area contributed by atoms with Gasteiger partial charge in [0.25, 0.3) is 0 Å². The molecule has 0 atom stereocenters. The van der Waals surface area contributed by atoms with Crippen LogP contribution in [0.15, 0.2) is 267 Å². The third-order valence-corrected chi connectivity index (χ3v) is 19.6. The molecule has 0 bridgehead atoms. The molecule has 6 heteroatoms. The van der Waals surface area contributed by atoms with Gasteiger partial charge in [-0.25, -0.2) is 9.97 Å². The van der Waals surface area contributed by atoms with Gasteiger partial charge in [-0.3, -0.25) is 0 Å². The Kier molecular flexibility index (Phi) is 9.80. The largest absolute Gasteiger partial charge is 0.309 e. The normalized spacial score (nSPS) is 12.1. The van der Waals surface area contributed by atoms with Gasteiger partial charge in [0.2, 0.25) is 0 Å². The van der Waals surface area contributed by atoms with Crippen molar-refractivity contribution >= 4 is 167 Å². The fourth-order valence-electron chi connectivity index (χ4n) is 13.6. The molecule has 0 aliphatic rings. The van der Waals surface area contributed by atoms with E-state index in [0.29, 0.717) is 5.82 Å². The van der Waals surface area contributed by atoms with Gasteiger partial charge in [-0.1, -0.05) is 200 Å². The molecule has 380 valence electrons. The first-order valence-corrected chi connectivity index (χ1v) is 29.5. The molecule has 0 N–H and O–H groups in total. The van der Waals surface area contributed by atoms with E-state index in [0.717, 1.165) is 49.9 Å². The maximum atomic E-state index is 5.29. The standard InChI is InChI=1S/C76H44N4S2/c1-3-16-52-45(14-1)30-36-55-54(52)35-31-47-28-29-48(40-65(47)55)76-77-43-51(44-78-76)79(49-33-39-71-67(41-49)63-37-32-46-15-2-4-17-53(46)75(63)82-71)73-61-22-7-5-20-58(61)72(59-21-6-8-23-62(59)73)64-25-13-24-60-56-18-9-11-26-68(56)80(74(60)64)50-34-38-70-66(42-50)57-19-10-12-27-69(57)81-70/h1-44H. The molecule has 4 aromatic heterocycles. The van der Waals surface area contributed by atoms with Crippen molar-refractivity contribution in [3.05, 3.63) is 267 Å². The summed E-state index contributed by atoms with van der Waals surface area (Å²) in [7, 11) is 0. The summed E-state index contributed by atoms with van der Waals surface area (Å²) in [5.74, 6) is 0.675. The predicted molar refractivity (Wildman–Crippen MR) is 353 cm³/mol. The second kappa shape index (κ2) is 17.6. The second-order valence-electron chi connectivity index (χ2n) is 21.6. The predicted octanol–water partition coefficient (Wildman–Crippen LogP) is 22.0. The molecule has 14 aromatic carbocycles. The minimum atomic E-state index is 0.675. The van der Waals surface area contributed by atoms with Gasteiger partial charge in [-0.05, 0) is 114 Å². The minimum Gasteiger partial charge on any atom is -0.309 e. The van der Waals surface area contributed by atoms with Crippen molar-refractivity contribution in [1.29, 1.82) is 0 Å². The summed E-state index contributed by atoms with van der Waals surface area (Å²) in [6.45, 7) is 0. The van der Waals surface area contributed by atoms with Crippen molar-refractivity contribution in [2.45, 2.75) is 0 Å². The van der Waals surface area contributed by atoms with E-state index in [2.05, 4.69) is 264 Å². The highest BCUT2D eigenvalue weighted by Gasteiger charge is 2.26. The Hall–Kier alpha value is -10.2. The highest BCUT2D eigenvalue weighted by molar-refractivity contribution is 7.26. The van der Waals surface area contributed by atoms with Gasteiger partial charge in [0.15, 0.2) is 5.82 Å². The zero-order valence-electron chi connectivity index (χ0n) is 44.0. The Morgan fingerprint density at radius 2 is 0.890 bits per heavy atom. The number of thiophene rings is 2. The lowest BCUT2D eigenvalue weighted by Crippen LogP contribution is -2.12. The van der Waals surface area contributed by atoms with Crippen LogP contribution in [0.25, 0.3) is 155 Å². The van der Waals surface area contributed by atoms with Gasteiger partial charge < -0.3 is 9.47 Å². The zero-order valence-corrected chi connectivity index (χ0v) is 45.6. The summed E-state index contributed by atoms with van der Waals surface area (Å²) in [5, 5.41) is 21.9. The molecule has 4 heterocycles. The lowest BCUT2D eigenvalue weighted by atomic mass is 9.89. The van der Waals surface area contributed by atoms with Gasteiger partial charge in [0, 0.05) is 84.4 Å². The summed E-state index contributed by atoms with van der Waals surface area (Å²) in [4.78, 5) is 13.0. The van der Waals surface area contributed by atoms with E-state index in [4.69, 9.17) is 9.97 Å². The topological polar surface area (TPSA) is 34.0 Å². The van der Waals surface area contributed by atoms with Crippen LogP contribution in [0.3, 0.4) is 0 Å². The lowest BCUT2D eigenvalue weighted by molar-refractivity contribution is 1.14. The van der Waals surface area contributed by atoms with Crippen LogP contribution in [-0.2, 0) is 0 Å². The highest BCUT2D eigenvalue weighted by atomic mass is 32.1. The molecule has 0 radical (unpaired) electrons. The van der Waals surface area contributed by atoms with Crippen LogP contribution in [0, 0.1) is 0 Å². The van der Waals surface area contributed by atoms with Crippen molar-refractivity contribution in [2.24, 2.45) is 0 Å². The van der Waals surface area contributed by atoms with Crippen LogP contribution in [-0.4, -0.2) is 14.5 Å². The van der Waals surface area contributed by atoms with E-state index in [-0.39, 0.29) is 0 Å². The van der Waals surface area contributed by atoms with Gasteiger partial charge in [-0.2, -0.15) is 0 Å². The summed E-state index contributed by atoms with van der Waals surface area (Å²) in [5.41, 5.74) is 9.82. The summed E-state index contributed by atoms with van der Waals surface area (Å²) < 4.78 is 7.66. The van der Waals surface area contributed by atoms with E-state index < -0.39 is 0 Å². The number of anilines is 3. The second-order valence-corrected chi connectivity index (χ2v) is 23.7. The minimum absolute atomic E-state index is 0.675. The summed E-state index contributed by atoms with van der Waals surface area (Å²) in [6, 6.07) is 94.2. The smallest absolute Gasteiger partial charge is 0.159 e. The average Bonchev–Trinajstić information content (AvgIpc) is 3.85. The van der Waals surface area contributed by atoms with Crippen molar-refractivity contribution < 1.29 is 0 Å². The molecule has 18 aromatic rings. The molecule has 0 saturated carbocycles. The van der Waals surface area contributed by atoms with E-state index in [9.17, 15) is 0 Å². The Labute approximate surface area is 478 Å². The molecule has 0 saturated heterocycles. The van der Waals surface area contributed by atoms with Crippen molar-refractivity contribution in [2.75, 3.05) is 4.90 Å². The molecule has 0 fully saturated rings. The van der Waals surface area contributed by atoms with Gasteiger partial charge in [0.05, 0.1) is 34.8 Å². The van der Waals surface area contributed by atoms with E-state index in [1.807, 2.05) is 35.1 Å². The molecule has 0 aliphatic heterocycles. The van der Waals surface area contributed by atoms with Crippen molar-refractivity contribution in [3.63, 3.8) is 0 Å². The first kappa shape index (κ1) is 45.6. The van der Waals surface area contributed by atoms with Crippen LogP contribution in [0.2, 0.25) is 0 Å². The summed E-state index contributed by atoms with van der Waals surface area (Å²) in [6.07, 6.45) is 4.05. The van der Waals surface area contributed by atoms with E-state index in [1.54, 1.807) is 0 Å². The van der Waals surface area contributed by atoms with Crippen LogP contribution in [0.4, 0.5) is 17.1 Å². The third kappa shape index (κ3) is 6.71. The Bertz CT molecular complexity index is 5670. The van der Waals surface area contributed by atoms with Crippen LogP contribution < -0.4 is 4.90 Å². The molecule has 0 unspecified atom stereocenters. The fraction of sp³-hybridized carbons (Fsp3) is 0. The average molecular weight is 1080 g/mol. The molecule has 0 amide bonds.